The van der Waals surface area contributed by atoms with E-state index in [1.165, 1.54) is 0 Å². The van der Waals surface area contributed by atoms with Gasteiger partial charge in [-0.3, -0.25) is 5.32 Å². The molecule has 0 spiro atoms. The molecule has 6 heteroatoms. The van der Waals surface area contributed by atoms with Crippen LogP contribution in [0.15, 0.2) is 28.7 Å². The van der Waals surface area contributed by atoms with Crippen molar-refractivity contribution in [2.75, 3.05) is 11.9 Å². The van der Waals surface area contributed by atoms with Crippen molar-refractivity contribution in [3.8, 4) is 0 Å². The van der Waals surface area contributed by atoms with E-state index in [9.17, 15) is 9.59 Å². The Kier molecular flexibility index (Phi) is 4.40. The lowest BCUT2D eigenvalue weighted by Crippen LogP contribution is -2.27. The quantitative estimate of drug-likeness (QED) is 0.868. The lowest BCUT2D eigenvalue weighted by molar-refractivity contribution is 0.0492. The Morgan fingerprint density at radius 3 is 2.59 bits per heavy atom. The highest BCUT2D eigenvalue weighted by Crippen LogP contribution is 2.24. The van der Waals surface area contributed by atoms with Gasteiger partial charge in [-0.2, -0.15) is 0 Å². The number of hydrogen-bond donors (Lipinski definition) is 1. The number of carbonyl (C=O) groups excluding carboxylic acids is 2. The number of carbonyl (C=O) groups is 2. The fourth-order valence-corrected chi connectivity index (χ4v) is 1.85. The molecule has 1 N–H and O–H groups in total. The van der Waals surface area contributed by atoms with Gasteiger partial charge in [0.2, 0.25) is 5.76 Å². The minimum atomic E-state index is -0.569. The maximum atomic E-state index is 11.7. The molecule has 2 rings (SSSR count). The SMILES string of the molecule is CCOC(=O)c1cc2cc(NC(=O)OC(C)(C)C)ccc2o1. The minimum absolute atomic E-state index is 0.131. The number of hydrogen-bond acceptors (Lipinski definition) is 5. The molecule has 0 saturated heterocycles. The second-order valence-electron chi connectivity index (χ2n) is 5.71. The third-order valence-corrected chi connectivity index (χ3v) is 2.64. The lowest BCUT2D eigenvalue weighted by Gasteiger charge is -2.19. The fourth-order valence-electron chi connectivity index (χ4n) is 1.85. The summed E-state index contributed by atoms with van der Waals surface area (Å²) in [6.07, 6.45) is -0.541. The molecular formula is C16H19NO5. The molecular weight excluding hydrogens is 286 g/mol. The Labute approximate surface area is 128 Å². The molecule has 0 fully saturated rings. The molecule has 6 nitrogen and oxygen atoms in total. The third kappa shape index (κ3) is 4.00. The van der Waals surface area contributed by atoms with Crippen molar-refractivity contribution < 1.29 is 23.5 Å². The summed E-state index contributed by atoms with van der Waals surface area (Å²) in [5, 5.41) is 3.33. The summed E-state index contributed by atoms with van der Waals surface area (Å²) in [6.45, 7) is 7.37. The van der Waals surface area contributed by atoms with E-state index >= 15 is 0 Å². The summed E-state index contributed by atoms with van der Waals surface area (Å²) in [5.74, 6) is -0.383. The molecule has 1 aromatic carbocycles. The van der Waals surface area contributed by atoms with E-state index in [0.29, 0.717) is 16.7 Å². The molecule has 0 saturated carbocycles. The highest BCUT2D eigenvalue weighted by Gasteiger charge is 2.17. The second-order valence-corrected chi connectivity index (χ2v) is 5.71. The zero-order valence-electron chi connectivity index (χ0n) is 13.1. The predicted molar refractivity (Wildman–Crippen MR) is 82.0 cm³/mol. The molecule has 0 aliphatic carbocycles. The predicted octanol–water partition coefficient (Wildman–Crippen LogP) is 3.96. The monoisotopic (exact) mass is 305 g/mol. The van der Waals surface area contributed by atoms with E-state index in [2.05, 4.69) is 5.32 Å². The summed E-state index contributed by atoms with van der Waals surface area (Å²) in [7, 11) is 0. The van der Waals surface area contributed by atoms with Gasteiger partial charge in [0.25, 0.3) is 0 Å². The molecule has 2 aromatic rings. The van der Waals surface area contributed by atoms with E-state index in [-0.39, 0.29) is 12.4 Å². The highest BCUT2D eigenvalue weighted by molar-refractivity contribution is 5.95. The first-order valence-corrected chi connectivity index (χ1v) is 6.99. The van der Waals surface area contributed by atoms with Gasteiger partial charge in [-0.1, -0.05) is 0 Å². The maximum Gasteiger partial charge on any atom is 0.412 e. The van der Waals surface area contributed by atoms with Crippen molar-refractivity contribution in [1.29, 1.82) is 0 Å². The molecule has 0 aliphatic rings. The van der Waals surface area contributed by atoms with Gasteiger partial charge in [-0.25, -0.2) is 9.59 Å². The summed E-state index contributed by atoms with van der Waals surface area (Å²) in [4.78, 5) is 23.4. The van der Waals surface area contributed by atoms with E-state index in [1.807, 2.05) is 0 Å². The summed E-state index contributed by atoms with van der Waals surface area (Å²) in [5.41, 5.74) is 0.525. The number of fused-ring (bicyclic) bond motifs is 1. The number of ether oxygens (including phenoxy) is 2. The number of rotatable bonds is 3. The van der Waals surface area contributed by atoms with Gasteiger partial charge >= 0.3 is 12.1 Å². The molecule has 1 amide bonds. The van der Waals surface area contributed by atoms with Crippen LogP contribution >= 0.6 is 0 Å². The number of nitrogens with one attached hydrogen (secondary N) is 1. The van der Waals surface area contributed by atoms with Gasteiger partial charge in [0, 0.05) is 11.1 Å². The largest absolute Gasteiger partial charge is 0.460 e. The Balaban J connectivity index is 2.16. The van der Waals surface area contributed by atoms with Crippen molar-refractivity contribution in [1.82, 2.24) is 0 Å². The van der Waals surface area contributed by atoms with Crippen LogP contribution in [-0.2, 0) is 9.47 Å². The highest BCUT2D eigenvalue weighted by atomic mass is 16.6. The summed E-state index contributed by atoms with van der Waals surface area (Å²) < 4.78 is 15.5. The Bertz CT molecular complexity index is 696. The van der Waals surface area contributed by atoms with Gasteiger partial charge < -0.3 is 13.9 Å². The average Bonchev–Trinajstić information content (AvgIpc) is 2.79. The van der Waals surface area contributed by atoms with E-state index < -0.39 is 17.7 Å². The number of amides is 1. The normalized spacial score (nSPS) is 11.3. The van der Waals surface area contributed by atoms with Gasteiger partial charge in [-0.15, -0.1) is 0 Å². The maximum absolute atomic E-state index is 11.7. The number of anilines is 1. The molecule has 0 bridgehead atoms. The first-order valence-electron chi connectivity index (χ1n) is 6.99. The molecule has 0 atom stereocenters. The van der Waals surface area contributed by atoms with Crippen LogP contribution in [-0.4, -0.2) is 24.3 Å². The van der Waals surface area contributed by atoms with Crippen molar-refractivity contribution in [3.05, 3.63) is 30.0 Å². The molecule has 1 heterocycles. The van der Waals surface area contributed by atoms with Gasteiger partial charge in [0.05, 0.1) is 6.61 Å². The van der Waals surface area contributed by atoms with Crippen LogP contribution < -0.4 is 5.32 Å². The standard InChI is InChI=1S/C16H19NO5/c1-5-20-14(18)13-9-10-8-11(6-7-12(10)21-13)17-15(19)22-16(2,3)4/h6-9H,5H2,1-4H3,(H,17,19). The van der Waals surface area contributed by atoms with Crippen LogP contribution in [0, 0.1) is 0 Å². The zero-order valence-corrected chi connectivity index (χ0v) is 13.1. The summed E-state index contributed by atoms with van der Waals surface area (Å²) >= 11 is 0. The average molecular weight is 305 g/mol. The van der Waals surface area contributed by atoms with Gasteiger partial charge in [0.15, 0.2) is 0 Å². The summed E-state index contributed by atoms with van der Waals surface area (Å²) in [6, 6.07) is 6.62. The second kappa shape index (κ2) is 6.09. The third-order valence-electron chi connectivity index (χ3n) is 2.64. The molecule has 118 valence electrons. The molecule has 22 heavy (non-hydrogen) atoms. The molecule has 0 radical (unpaired) electrons. The molecule has 0 unspecified atom stereocenters. The minimum Gasteiger partial charge on any atom is -0.460 e. The van der Waals surface area contributed by atoms with Crippen molar-refractivity contribution >= 4 is 28.7 Å². The van der Waals surface area contributed by atoms with E-state index in [0.717, 1.165) is 0 Å². The van der Waals surface area contributed by atoms with Crippen LogP contribution in [0.4, 0.5) is 10.5 Å². The Morgan fingerprint density at radius 1 is 1.23 bits per heavy atom. The van der Waals surface area contributed by atoms with E-state index in [1.54, 1.807) is 52.0 Å². The first kappa shape index (κ1) is 15.9. The molecule has 1 aromatic heterocycles. The fraction of sp³-hybridized carbons (Fsp3) is 0.375. The van der Waals surface area contributed by atoms with Gasteiger partial charge in [-0.05, 0) is 52.0 Å². The van der Waals surface area contributed by atoms with Crippen molar-refractivity contribution in [3.63, 3.8) is 0 Å². The van der Waals surface area contributed by atoms with E-state index in [4.69, 9.17) is 13.9 Å². The number of esters is 1. The smallest absolute Gasteiger partial charge is 0.412 e. The zero-order chi connectivity index (χ0) is 16.3. The number of furan rings is 1. The van der Waals surface area contributed by atoms with Crippen LogP contribution in [0.1, 0.15) is 38.2 Å². The van der Waals surface area contributed by atoms with Crippen molar-refractivity contribution in [2.45, 2.75) is 33.3 Å². The first-order chi connectivity index (χ1) is 10.3. The number of benzene rings is 1. The lowest BCUT2D eigenvalue weighted by atomic mass is 10.2. The van der Waals surface area contributed by atoms with Crippen molar-refractivity contribution in [2.24, 2.45) is 0 Å². The Morgan fingerprint density at radius 2 is 1.95 bits per heavy atom. The van der Waals surface area contributed by atoms with Crippen LogP contribution in [0.5, 0.6) is 0 Å². The van der Waals surface area contributed by atoms with Crippen LogP contribution in [0.2, 0.25) is 0 Å². The van der Waals surface area contributed by atoms with Crippen LogP contribution in [0.25, 0.3) is 11.0 Å². The van der Waals surface area contributed by atoms with Crippen LogP contribution in [0.3, 0.4) is 0 Å². The molecule has 0 aliphatic heterocycles. The topological polar surface area (TPSA) is 77.8 Å². The Hall–Kier alpha value is -2.50. The van der Waals surface area contributed by atoms with Gasteiger partial charge in [0.1, 0.15) is 11.2 Å².